The van der Waals surface area contributed by atoms with Gasteiger partial charge in [0.05, 0.1) is 0 Å². The first-order chi connectivity index (χ1) is 10.5. The standard InChI is InChI=1S/C18H23ClN2O/c1-18(2)12-15(17(19)16(22)13-18)21-10-8-20(9-11-21)14-6-4-3-5-7-14/h3-7H,8-13H2,1-2H3. The van der Waals surface area contributed by atoms with Gasteiger partial charge in [-0.25, -0.2) is 0 Å². The molecule has 22 heavy (non-hydrogen) atoms. The summed E-state index contributed by atoms with van der Waals surface area (Å²) in [5, 5.41) is 0.465. The first-order valence-corrected chi connectivity index (χ1v) is 8.31. The Balaban J connectivity index is 1.71. The van der Waals surface area contributed by atoms with Gasteiger partial charge in [-0.15, -0.1) is 0 Å². The maximum absolute atomic E-state index is 12.1. The summed E-state index contributed by atoms with van der Waals surface area (Å²) in [6.45, 7) is 8.06. The van der Waals surface area contributed by atoms with Crippen molar-refractivity contribution in [3.63, 3.8) is 0 Å². The van der Waals surface area contributed by atoms with Gasteiger partial charge in [0, 0.05) is 44.0 Å². The van der Waals surface area contributed by atoms with Crippen LogP contribution in [0.3, 0.4) is 0 Å². The molecule has 118 valence electrons. The molecule has 1 fully saturated rings. The van der Waals surface area contributed by atoms with Gasteiger partial charge in [0.15, 0.2) is 5.78 Å². The Morgan fingerprint density at radius 3 is 2.18 bits per heavy atom. The SMILES string of the molecule is CC1(C)CC(=O)C(Cl)=C(N2CCN(c3ccccc3)CC2)C1. The number of carbonyl (C=O) groups excluding carboxylic acids is 1. The molecule has 2 aliphatic rings. The van der Waals surface area contributed by atoms with Crippen molar-refractivity contribution in [1.29, 1.82) is 0 Å². The van der Waals surface area contributed by atoms with E-state index in [9.17, 15) is 4.79 Å². The van der Waals surface area contributed by atoms with Crippen LogP contribution in [0.15, 0.2) is 41.1 Å². The average Bonchev–Trinajstić information content (AvgIpc) is 2.52. The molecule has 0 radical (unpaired) electrons. The van der Waals surface area contributed by atoms with Crippen LogP contribution in [0.2, 0.25) is 0 Å². The molecule has 0 bridgehead atoms. The van der Waals surface area contributed by atoms with Crippen LogP contribution in [0.1, 0.15) is 26.7 Å². The molecule has 3 nitrogen and oxygen atoms in total. The first-order valence-electron chi connectivity index (χ1n) is 7.93. The number of benzene rings is 1. The summed E-state index contributed by atoms with van der Waals surface area (Å²) < 4.78 is 0. The van der Waals surface area contributed by atoms with E-state index in [1.807, 2.05) is 6.07 Å². The number of Topliss-reactive ketones (excluding diaryl/α,β-unsaturated/α-hetero) is 1. The lowest BCUT2D eigenvalue weighted by atomic mass is 9.78. The third-order valence-corrected chi connectivity index (χ3v) is 4.99. The molecule has 0 unspecified atom stereocenters. The molecule has 1 heterocycles. The fourth-order valence-corrected chi connectivity index (χ4v) is 3.64. The van der Waals surface area contributed by atoms with E-state index >= 15 is 0 Å². The normalized spacial score (nSPS) is 22.2. The van der Waals surface area contributed by atoms with Crippen molar-refractivity contribution in [2.75, 3.05) is 31.1 Å². The number of rotatable bonds is 2. The number of nitrogens with zero attached hydrogens (tertiary/aromatic N) is 2. The molecule has 1 aromatic carbocycles. The van der Waals surface area contributed by atoms with E-state index < -0.39 is 0 Å². The molecule has 3 rings (SSSR count). The fraction of sp³-hybridized carbons (Fsp3) is 0.500. The van der Waals surface area contributed by atoms with Crippen molar-refractivity contribution in [3.05, 3.63) is 41.1 Å². The third-order valence-electron chi connectivity index (χ3n) is 4.57. The van der Waals surface area contributed by atoms with E-state index in [0.717, 1.165) is 38.3 Å². The van der Waals surface area contributed by atoms with Crippen LogP contribution in [0.4, 0.5) is 5.69 Å². The number of carbonyl (C=O) groups is 1. The Labute approximate surface area is 137 Å². The van der Waals surface area contributed by atoms with E-state index in [4.69, 9.17) is 11.6 Å². The highest BCUT2D eigenvalue weighted by Gasteiger charge is 2.35. The van der Waals surface area contributed by atoms with E-state index in [1.54, 1.807) is 0 Å². The van der Waals surface area contributed by atoms with E-state index in [0.29, 0.717) is 11.5 Å². The number of hydrogen-bond acceptors (Lipinski definition) is 3. The number of piperazine rings is 1. The zero-order valence-electron chi connectivity index (χ0n) is 13.3. The summed E-state index contributed by atoms with van der Waals surface area (Å²) in [5.74, 6) is 0.0957. The number of ketones is 1. The zero-order valence-corrected chi connectivity index (χ0v) is 14.1. The Kier molecular flexibility index (Phi) is 4.18. The number of halogens is 1. The maximum Gasteiger partial charge on any atom is 0.176 e. The van der Waals surface area contributed by atoms with Gasteiger partial charge in [-0.1, -0.05) is 43.6 Å². The second kappa shape index (κ2) is 5.96. The summed E-state index contributed by atoms with van der Waals surface area (Å²) in [6, 6.07) is 10.5. The zero-order chi connectivity index (χ0) is 15.7. The fourth-order valence-electron chi connectivity index (χ4n) is 3.39. The minimum Gasteiger partial charge on any atom is -0.370 e. The van der Waals surface area contributed by atoms with Crippen molar-refractivity contribution < 1.29 is 4.79 Å². The predicted octanol–water partition coefficient (Wildman–Crippen LogP) is 3.65. The largest absolute Gasteiger partial charge is 0.370 e. The highest BCUT2D eigenvalue weighted by molar-refractivity contribution is 6.43. The van der Waals surface area contributed by atoms with Gasteiger partial charge < -0.3 is 9.80 Å². The van der Waals surface area contributed by atoms with Crippen molar-refractivity contribution in [2.24, 2.45) is 5.41 Å². The van der Waals surface area contributed by atoms with Crippen LogP contribution in [-0.2, 0) is 4.79 Å². The smallest absolute Gasteiger partial charge is 0.176 e. The molecule has 4 heteroatoms. The molecule has 0 spiro atoms. The summed E-state index contributed by atoms with van der Waals surface area (Å²) in [4.78, 5) is 16.8. The Morgan fingerprint density at radius 1 is 0.955 bits per heavy atom. The lowest BCUT2D eigenvalue weighted by Gasteiger charge is -2.42. The Morgan fingerprint density at radius 2 is 1.55 bits per heavy atom. The van der Waals surface area contributed by atoms with Gasteiger partial charge in [-0.05, 0) is 24.0 Å². The summed E-state index contributed by atoms with van der Waals surface area (Å²) >= 11 is 6.32. The lowest BCUT2D eigenvalue weighted by Crippen LogP contribution is -2.47. The summed E-state index contributed by atoms with van der Waals surface area (Å²) in [5.41, 5.74) is 2.33. The molecule has 1 aliphatic carbocycles. The second-order valence-electron chi connectivity index (χ2n) is 7.01. The van der Waals surface area contributed by atoms with Crippen molar-refractivity contribution in [1.82, 2.24) is 4.90 Å². The molecule has 0 amide bonds. The number of hydrogen-bond donors (Lipinski definition) is 0. The Bertz CT molecular complexity index is 586. The van der Waals surface area contributed by atoms with Gasteiger partial charge in [0.25, 0.3) is 0 Å². The topological polar surface area (TPSA) is 23.6 Å². The van der Waals surface area contributed by atoms with Crippen LogP contribution < -0.4 is 4.90 Å². The van der Waals surface area contributed by atoms with Crippen molar-refractivity contribution in [2.45, 2.75) is 26.7 Å². The Hall–Kier alpha value is -1.48. The van der Waals surface area contributed by atoms with Gasteiger partial charge in [-0.2, -0.15) is 0 Å². The third kappa shape index (κ3) is 3.14. The second-order valence-corrected chi connectivity index (χ2v) is 7.39. The minimum absolute atomic E-state index is 0.0152. The molecule has 1 aliphatic heterocycles. The number of anilines is 1. The quantitative estimate of drug-likeness (QED) is 0.831. The molecule has 0 saturated carbocycles. The van der Waals surface area contributed by atoms with Crippen LogP contribution in [0.25, 0.3) is 0 Å². The molecule has 0 atom stereocenters. The van der Waals surface area contributed by atoms with Crippen LogP contribution in [0, 0.1) is 5.41 Å². The summed E-state index contributed by atoms with van der Waals surface area (Å²) in [7, 11) is 0. The lowest BCUT2D eigenvalue weighted by molar-refractivity contribution is -0.117. The molecular weight excluding hydrogens is 296 g/mol. The van der Waals surface area contributed by atoms with Crippen molar-refractivity contribution in [3.8, 4) is 0 Å². The van der Waals surface area contributed by atoms with Gasteiger partial charge >= 0.3 is 0 Å². The van der Waals surface area contributed by atoms with E-state index in [1.165, 1.54) is 5.69 Å². The van der Waals surface area contributed by atoms with Crippen LogP contribution in [-0.4, -0.2) is 36.9 Å². The highest BCUT2D eigenvalue weighted by atomic mass is 35.5. The number of allylic oxidation sites excluding steroid dienone is 2. The minimum atomic E-state index is 0.0152. The van der Waals surface area contributed by atoms with E-state index in [2.05, 4.69) is 47.9 Å². The van der Waals surface area contributed by atoms with Gasteiger partial charge in [-0.3, -0.25) is 4.79 Å². The molecule has 0 N–H and O–H groups in total. The van der Waals surface area contributed by atoms with Crippen LogP contribution >= 0.6 is 11.6 Å². The van der Waals surface area contributed by atoms with Gasteiger partial charge in [0.2, 0.25) is 0 Å². The number of para-hydroxylation sites is 1. The molecule has 1 aromatic rings. The molecule has 1 saturated heterocycles. The molecule has 0 aromatic heterocycles. The van der Waals surface area contributed by atoms with Crippen LogP contribution in [0.5, 0.6) is 0 Å². The van der Waals surface area contributed by atoms with E-state index in [-0.39, 0.29) is 11.2 Å². The predicted molar refractivity (Wildman–Crippen MR) is 91.1 cm³/mol. The maximum atomic E-state index is 12.1. The monoisotopic (exact) mass is 318 g/mol. The summed E-state index contributed by atoms with van der Waals surface area (Å²) in [6.07, 6.45) is 1.45. The highest BCUT2D eigenvalue weighted by Crippen LogP contribution is 2.39. The average molecular weight is 319 g/mol. The van der Waals surface area contributed by atoms with Crippen molar-refractivity contribution >= 4 is 23.1 Å². The first kappa shape index (κ1) is 15.4. The molecular formula is C18H23ClN2O. The van der Waals surface area contributed by atoms with Gasteiger partial charge in [0.1, 0.15) is 5.03 Å².